The molecule has 0 fully saturated rings. The first-order valence-electron chi connectivity index (χ1n) is 5.09. The van der Waals surface area contributed by atoms with Crippen LogP contribution in [0.2, 0.25) is 15.1 Å². The molecule has 0 atom stereocenters. The lowest BCUT2D eigenvalue weighted by molar-refractivity contribution is 1.15. The normalized spacial score (nSPS) is 10.3. The van der Waals surface area contributed by atoms with Crippen LogP contribution in [0.25, 0.3) is 0 Å². The molecule has 1 nitrogen and oxygen atoms in total. The summed E-state index contributed by atoms with van der Waals surface area (Å²) >= 11 is 17.9. The van der Waals surface area contributed by atoms with Crippen molar-refractivity contribution in [3.63, 3.8) is 0 Å². The van der Waals surface area contributed by atoms with E-state index in [1.165, 1.54) is 0 Å². The Balaban J connectivity index is 2.10. The Morgan fingerprint density at radius 3 is 2.35 bits per heavy atom. The number of benzene rings is 2. The summed E-state index contributed by atoms with van der Waals surface area (Å²) in [5.41, 5.74) is 1.87. The third kappa shape index (κ3) is 3.29. The molecule has 0 aliphatic carbocycles. The highest BCUT2D eigenvalue weighted by atomic mass is 35.5. The molecule has 0 unspecified atom stereocenters. The lowest BCUT2D eigenvalue weighted by Crippen LogP contribution is -2.00. The molecule has 17 heavy (non-hydrogen) atoms. The fourth-order valence-electron chi connectivity index (χ4n) is 1.47. The van der Waals surface area contributed by atoms with Crippen LogP contribution in [0.5, 0.6) is 0 Å². The van der Waals surface area contributed by atoms with E-state index in [1.807, 2.05) is 30.3 Å². The van der Waals surface area contributed by atoms with Crippen molar-refractivity contribution >= 4 is 40.5 Å². The van der Waals surface area contributed by atoms with E-state index in [1.54, 1.807) is 12.1 Å². The molecule has 0 aliphatic rings. The average Bonchev–Trinajstić information content (AvgIpc) is 2.30. The van der Waals surface area contributed by atoms with Crippen LogP contribution in [0.4, 0.5) is 5.69 Å². The zero-order valence-electron chi connectivity index (χ0n) is 8.88. The highest BCUT2D eigenvalue weighted by Crippen LogP contribution is 2.26. The molecule has 1 N–H and O–H groups in total. The van der Waals surface area contributed by atoms with Gasteiger partial charge in [0, 0.05) is 16.6 Å². The maximum absolute atomic E-state index is 6.06. The van der Waals surface area contributed by atoms with Gasteiger partial charge in [-0.3, -0.25) is 0 Å². The quantitative estimate of drug-likeness (QED) is 0.811. The minimum Gasteiger partial charge on any atom is -0.380 e. The number of rotatable bonds is 3. The van der Waals surface area contributed by atoms with E-state index in [9.17, 15) is 0 Å². The zero-order chi connectivity index (χ0) is 12.3. The van der Waals surface area contributed by atoms with E-state index < -0.39 is 0 Å². The van der Waals surface area contributed by atoms with Gasteiger partial charge in [-0.25, -0.2) is 0 Å². The van der Waals surface area contributed by atoms with E-state index in [0.29, 0.717) is 16.6 Å². The first kappa shape index (κ1) is 12.6. The topological polar surface area (TPSA) is 12.0 Å². The Morgan fingerprint density at radius 2 is 1.65 bits per heavy atom. The Kier molecular flexibility index (Phi) is 4.16. The minimum atomic E-state index is 0.601. The predicted octanol–water partition coefficient (Wildman–Crippen LogP) is 5.26. The van der Waals surface area contributed by atoms with Crippen molar-refractivity contribution in [1.29, 1.82) is 0 Å². The number of halogens is 3. The predicted molar refractivity (Wildman–Crippen MR) is 75.2 cm³/mol. The zero-order valence-corrected chi connectivity index (χ0v) is 11.2. The van der Waals surface area contributed by atoms with Crippen LogP contribution in [0.3, 0.4) is 0 Å². The second kappa shape index (κ2) is 5.63. The maximum atomic E-state index is 6.06. The largest absolute Gasteiger partial charge is 0.380 e. The summed E-state index contributed by atoms with van der Waals surface area (Å²) in [4.78, 5) is 0. The van der Waals surface area contributed by atoms with Crippen molar-refractivity contribution in [3.8, 4) is 0 Å². The van der Waals surface area contributed by atoms with Crippen LogP contribution in [0.1, 0.15) is 5.56 Å². The Labute approximate surface area is 115 Å². The van der Waals surface area contributed by atoms with Gasteiger partial charge in [0.2, 0.25) is 0 Å². The molecule has 0 bridgehead atoms. The summed E-state index contributed by atoms with van der Waals surface area (Å²) in [6.07, 6.45) is 0. The Morgan fingerprint density at radius 1 is 0.882 bits per heavy atom. The minimum absolute atomic E-state index is 0.601. The van der Waals surface area contributed by atoms with Gasteiger partial charge in [0.1, 0.15) is 0 Å². The lowest BCUT2D eigenvalue weighted by atomic mass is 10.2. The van der Waals surface area contributed by atoms with Crippen LogP contribution >= 0.6 is 34.8 Å². The van der Waals surface area contributed by atoms with E-state index >= 15 is 0 Å². The van der Waals surface area contributed by atoms with Crippen molar-refractivity contribution in [2.24, 2.45) is 0 Å². The maximum Gasteiger partial charge on any atom is 0.0652 e. The van der Waals surface area contributed by atoms with E-state index in [-0.39, 0.29) is 0 Å². The van der Waals surface area contributed by atoms with Gasteiger partial charge in [-0.15, -0.1) is 0 Å². The molecule has 2 rings (SSSR count). The van der Waals surface area contributed by atoms with Crippen LogP contribution in [0.15, 0.2) is 42.5 Å². The molecule has 88 valence electrons. The van der Waals surface area contributed by atoms with Crippen molar-refractivity contribution in [3.05, 3.63) is 63.1 Å². The first-order valence-corrected chi connectivity index (χ1v) is 6.22. The second-order valence-electron chi connectivity index (χ2n) is 3.57. The van der Waals surface area contributed by atoms with Crippen LogP contribution in [-0.2, 0) is 6.54 Å². The summed E-state index contributed by atoms with van der Waals surface area (Å²) in [6.45, 7) is 0.626. The Bertz CT molecular complexity index is 526. The molecule has 2 aromatic rings. The number of hydrogen-bond donors (Lipinski definition) is 1. The SMILES string of the molecule is Clc1ccc(NCc2ccccc2Cl)c(Cl)c1. The monoisotopic (exact) mass is 285 g/mol. The smallest absolute Gasteiger partial charge is 0.0652 e. The molecule has 0 radical (unpaired) electrons. The summed E-state index contributed by atoms with van der Waals surface area (Å²) in [6, 6.07) is 13.0. The molecule has 0 aromatic heterocycles. The van der Waals surface area contributed by atoms with Gasteiger partial charge in [0.05, 0.1) is 10.7 Å². The van der Waals surface area contributed by atoms with Crippen molar-refractivity contribution in [1.82, 2.24) is 0 Å². The standard InChI is InChI=1S/C13H10Cl3N/c14-10-5-6-13(12(16)7-10)17-8-9-3-1-2-4-11(9)15/h1-7,17H,8H2. The lowest BCUT2D eigenvalue weighted by Gasteiger charge is -2.09. The third-order valence-corrected chi connectivity index (χ3v) is 3.27. The van der Waals surface area contributed by atoms with E-state index in [0.717, 1.165) is 16.3 Å². The van der Waals surface area contributed by atoms with E-state index in [4.69, 9.17) is 34.8 Å². The molecule has 0 heterocycles. The van der Waals surface area contributed by atoms with E-state index in [2.05, 4.69) is 5.32 Å². The number of anilines is 1. The van der Waals surface area contributed by atoms with Gasteiger partial charge in [0.25, 0.3) is 0 Å². The molecular weight excluding hydrogens is 277 g/mol. The molecule has 0 saturated heterocycles. The van der Waals surface area contributed by atoms with Gasteiger partial charge < -0.3 is 5.32 Å². The molecule has 0 amide bonds. The molecule has 0 saturated carbocycles. The van der Waals surface area contributed by atoms with Gasteiger partial charge in [0.15, 0.2) is 0 Å². The fourth-order valence-corrected chi connectivity index (χ4v) is 2.14. The van der Waals surface area contributed by atoms with Crippen molar-refractivity contribution in [2.45, 2.75) is 6.54 Å². The molecular formula is C13H10Cl3N. The second-order valence-corrected chi connectivity index (χ2v) is 4.82. The summed E-state index contributed by atoms with van der Waals surface area (Å²) < 4.78 is 0. The molecule has 0 spiro atoms. The highest BCUT2D eigenvalue weighted by Gasteiger charge is 2.02. The van der Waals surface area contributed by atoms with Crippen molar-refractivity contribution < 1.29 is 0 Å². The number of nitrogens with one attached hydrogen (secondary N) is 1. The van der Waals surface area contributed by atoms with Crippen LogP contribution in [-0.4, -0.2) is 0 Å². The first-order chi connectivity index (χ1) is 8.16. The Hall–Kier alpha value is -0.890. The van der Waals surface area contributed by atoms with Crippen LogP contribution < -0.4 is 5.32 Å². The highest BCUT2D eigenvalue weighted by molar-refractivity contribution is 6.36. The molecule has 4 heteroatoms. The molecule has 0 aliphatic heterocycles. The van der Waals surface area contributed by atoms with Crippen molar-refractivity contribution in [2.75, 3.05) is 5.32 Å². The number of hydrogen-bond acceptors (Lipinski definition) is 1. The molecule has 2 aromatic carbocycles. The fraction of sp³-hybridized carbons (Fsp3) is 0.0769. The van der Waals surface area contributed by atoms with Gasteiger partial charge in [-0.2, -0.15) is 0 Å². The van der Waals surface area contributed by atoms with Crippen LogP contribution in [0, 0.1) is 0 Å². The summed E-state index contributed by atoms with van der Waals surface area (Å²) in [5.74, 6) is 0. The van der Waals surface area contributed by atoms with Gasteiger partial charge in [-0.1, -0.05) is 53.0 Å². The van der Waals surface area contributed by atoms with Gasteiger partial charge >= 0.3 is 0 Å². The van der Waals surface area contributed by atoms with Gasteiger partial charge in [-0.05, 0) is 29.8 Å². The summed E-state index contributed by atoms with van der Waals surface area (Å²) in [5, 5.41) is 5.19. The average molecular weight is 287 g/mol. The summed E-state index contributed by atoms with van der Waals surface area (Å²) in [7, 11) is 0. The third-order valence-electron chi connectivity index (χ3n) is 2.36.